The van der Waals surface area contributed by atoms with Gasteiger partial charge < -0.3 is 0 Å². The summed E-state index contributed by atoms with van der Waals surface area (Å²) in [4.78, 5) is 0. The summed E-state index contributed by atoms with van der Waals surface area (Å²) in [6.07, 6.45) is 0.652. The number of hydrogen-bond donors (Lipinski definition) is 2. The van der Waals surface area contributed by atoms with E-state index in [9.17, 15) is 8.42 Å². The van der Waals surface area contributed by atoms with E-state index in [0.29, 0.717) is 6.42 Å². The lowest BCUT2D eigenvalue weighted by Crippen LogP contribution is -2.35. The molecule has 0 saturated carbocycles. The molecule has 4 nitrogen and oxygen atoms in total. The second-order valence-electron chi connectivity index (χ2n) is 2.27. The van der Waals surface area contributed by atoms with Crippen LogP contribution in [-0.2, 0) is 9.84 Å². The van der Waals surface area contributed by atoms with Crippen molar-refractivity contribution >= 4 is 9.84 Å². The van der Waals surface area contributed by atoms with Gasteiger partial charge in [0.05, 0.1) is 11.5 Å². The first-order valence-corrected chi connectivity index (χ1v) is 4.63. The van der Waals surface area contributed by atoms with Crippen molar-refractivity contribution in [3.8, 4) is 0 Å². The molecule has 54 valence electrons. The molecule has 1 heterocycles. The molecule has 9 heavy (non-hydrogen) atoms. The molecule has 0 radical (unpaired) electrons. The van der Waals surface area contributed by atoms with E-state index in [0.717, 1.165) is 0 Å². The molecule has 1 rings (SSSR count). The Morgan fingerprint density at radius 2 is 2.22 bits per heavy atom. The Labute approximate surface area is 54.3 Å². The summed E-state index contributed by atoms with van der Waals surface area (Å²) in [5.41, 5.74) is 2.44. The lowest BCUT2D eigenvalue weighted by atomic mass is 10.3. The highest BCUT2D eigenvalue weighted by molar-refractivity contribution is 7.91. The molecule has 0 aromatic heterocycles. The molecule has 0 spiro atoms. The molecular formula is C4H10N2O2S. The van der Waals surface area contributed by atoms with E-state index in [1.54, 1.807) is 0 Å². The van der Waals surface area contributed by atoms with Crippen LogP contribution in [0.25, 0.3) is 0 Å². The smallest absolute Gasteiger partial charge is 0.151 e. The summed E-state index contributed by atoms with van der Waals surface area (Å²) in [5.74, 6) is 5.52. The zero-order valence-electron chi connectivity index (χ0n) is 5.00. The average Bonchev–Trinajstić information content (AvgIpc) is 2.10. The second-order valence-corrected chi connectivity index (χ2v) is 4.50. The van der Waals surface area contributed by atoms with Crippen molar-refractivity contribution in [2.75, 3.05) is 11.5 Å². The van der Waals surface area contributed by atoms with Crippen molar-refractivity contribution in [3.63, 3.8) is 0 Å². The maximum Gasteiger partial charge on any atom is 0.151 e. The van der Waals surface area contributed by atoms with Gasteiger partial charge in [0.1, 0.15) is 0 Å². The van der Waals surface area contributed by atoms with E-state index in [2.05, 4.69) is 5.43 Å². The van der Waals surface area contributed by atoms with Gasteiger partial charge in [-0.15, -0.1) is 0 Å². The van der Waals surface area contributed by atoms with Crippen molar-refractivity contribution in [2.45, 2.75) is 12.5 Å². The van der Waals surface area contributed by atoms with E-state index in [1.165, 1.54) is 0 Å². The van der Waals surface area contributed by atoms with E-state index in [-0.39, 0.29) is 17.5 Å². The average molecular weight is 150 g/mol. The summed E-state index contributed by atoms with van der Waals surface area (Å²) in [6, 6.07) is -0.0185. The first-order valence-electron chi connectivity index (χ1n) is 2.80. The van der Waals surface area contributed by atoms with Crippen LogP contribution in [-0.4, -0.2) is 26.0 Å². The largest absolute Gasteiger partial charge is 0.271 e. The number of hydrogen-bond acceptors (Lipinski definition) is 4. The number of nitrogens with one attached hydrogen (secondary N) is 1. The lowest BCUT2D eigenvalue weighted by molar-refractivity contribution is 0.575. The molecule has 3 N–H and O–H groups in total. The van der Waals surface area contributed by atoms with Crippen molar-refractivity contribution in [1.29, 1.82) is 0 Å². The molecule has 1 aliphatic rings. The second kappa shape index (κ2) is 2.24. The molecular weight excluding hydrogens is 140 g/mol. The van der Waals surface area contributed by atoms with Crippen molar-refractivity contribution in [3.05, 3.63) is 0 Å². The van der Waals surface area contributed by atoms with Gasteiger partial charge in [-0.3, -0.25) is 11.3 Å². The van der Waals surface area contributed by atoms with Gasteiger partial charge in [0, 0.05) is 6.04 Å². The molecule has 0 aromatic rings. The zero-order valence-corrected chi connectivity index (χ0v) is 5.82. The summed E-state index contributed by atoms with van der Waals surface area (Å²) >= 11 is 0. The Balaban J connectivity index is 2.58. The predicted octanol–water partition coefficient (Wildman–Crippen LogP) is -1.36. The fourth-order valence-electron chi connectivity index (χ4n) is 0.926. The van der Waals surface area contributed by atoms with Crippen LogP contribution in [0.3, 0.4) is 0 Å². The number of rotatable bonds is 1. The predicted molar refractivity (Wildman–Crippen MR) is 34.4 cm³/mol. The lowest BCUT2D eigenvalue weighted by Gasteiger charge is -2.01. The van der Waals surface area contributed by atoms with Crippen LogP contribution in [0.2, 0.25) is 0 Å². The van der Waals surface area contributed by atoms with Gasteiger partial charge in [0.15, 0.2) is 9.84 Å². The number of sulfone groups is 1. The highest BCUT2D eigenvalue weighted by Crippen LogP contribution is 2.09. The molecule has 0 amide bonds. The first-order chi connectivity index (χ1) is 4.14. The van der Waals surface area contributed by atoms with Gasteiger partial charge in [-0.2, -0.15) is 0 Å². The molecule has 0 unspecified atom stereocenters. The van der Waals surface area contributed by atoms with Crippen LogP contribution >= 0.6 is 0 Å². The van der Waals surface area contributed by atoms with Gasteiger partial charge in [-0.05, 0) is 6.42 Å². The number of nitrogens with two attached hydrogens (primary N) is 1. The summed E-state index contributed by atoms with van der Waals surface area (Å²) < 4.78 is 21.4. The highest BCUT2D eigenvalue weighted by Gasteiger charge is 2.26. The maximum atomic E-state index is 10.7. The minimum absolute atomic E-state index is 0.0185. The Kier molecular flexibility index (Phi) is 1.74. The van der Waals surface area contributed by atoms with Crippen molar-refractivity contribution < 1.29 is 8.42 Å². The Morgan fingerprint density at radius 3 is 2.44 bits per heavy atom. The Morgan fingerprint density at radius 1 is 1.56 bits per heavy atom. The quantitative estimate of drug-likeness (QED) is 0.357. The standard InChI is InChI=1S/C4H10N2O2S/c5-6-4-1-2-9(7,8)3-4/h4,6H,1-3,5H2/t4-/m1/s1. The molecule has 1 saturated heterocycles. The summed E-state index contributed by atoms with van der Waals surface area (Å²) in [6.45, 7) is 0. The molecule has 5 heteroatoms. The van der Waals surface area contributed by atoms with Crippen LogP contribution in [0.15, 0.2) is 0 Å². The zero-order chi connectivity index (χ0) is 6.91. The molecule has 0 aromatic carbocycles. The van der Waals surface area contributed by atoms with Crippen molar-refractivity contribution in [2.24, 2.45) is 5.84 Å². The Hall–Kier alpha value is -0.130. The van der Waals surface area contributed by atoms with Gasteiger partial charge in [-0.25, -0.2) is 8.42 Å². The highest BCUT2D eigenvalue weighted by atomic mass is 32.2. The fraction of sp³-hybridized carbons (Fsp3) is 1.00. The van der Waals surface area contributed by atoms with Crippen LogP contribution < -0.4 is 11.3 Å². The number of hydrazine groups is 1. The topological polar surface area (TPSA) is 72.2 Å². The fourth-order valence-corrected chi connectivity index (χ4v) is 2.61. The third-order valence-corrected chi connectivity index (χ3v) is 3.24. The SMILES string of the molecule is NN[C@@H]1CCS(=O)(=O)C1. The molecule has 1 aliphatic heterocycles. The first kappa shape index (κ1) is 6.98. The van der Waals surface area contributed by atoms with Crippen LogP contribution in [0.5, 0.6) is 0 Å². The molecule has 1 fully saturated rings. The summed E-state index contributed by atoms with van der Waals surface area (Å²) in [7, 11) is -2.75. The van der Waals surface area contributed by atoms with Gasteiger partial charge in [0.25, 0.3) is 0 Å². The normalized spacial score (nSPS) is 32.8. The van der Waals surface area contributed by atoms with Crippen molar-refractivity contribution in [1.82, 2.24) is 5.43 Å². The van der Waals surface area contributed by atoms with Crippen LogP contribution in [0, 0.1) is 0 Å². The molecule has 1 atom stereocenters. The van der Waals surface area contributed by atoms with E-state index < -0.39 is 9.84 Å². The minimum Gasteiger partial charge on any atom is -0.271 e. The van der Waals surface area contributed by atoms with Crippen LogP contribution in [0.1, 0.15) is 6.42 Å². The van der Waals surface area contributed by atoms with E-state index >= 15 is 0 Å². The minimum atomic E-state index is -2.75. The van der Waals surface area contributed by atoms with Gasteiger partial charge in [0.2, 0.25) is 0 Å². The third-order valence-electron chi connectivity index (χ3n) is 1.47. The van der Waals surface area contributed by atoms with E-state index in [1.807, 2.05) is 0 Å². The molecule has 0 aliphatic carbocycles. The Bertz CT molecular complexity index is 187. The van der Waals surface area contributed by atoms with Gasteiger partial charge >= 0.3 is 0 Å². The monoisotopic (exact) mass is 150 g/mol. The summed E-state index contributed by atoms with van der Waals surface area (Å²) in [5, 5.41) is 0. The molecule has 0 bridgehead atoms. The maximum absolute atomic E-state index is 10.7. The van der Waals surface area contributed by atoms with E-state index in [4.69, 9.17) is 5.84 Å². The third kappa shape index (κ3) is 1.64. The van der Waals surface area contributed by atoms with Crippen LogP contribution in [0.4, 0.5) is 0 Å². The van der Waals surface area contributed by atoms with Gasteiger partial charge in [-0.1, -0.05) is 0 Å².